The van der Waals surface area contributed by atoms with E-state index in [1.165, 1.54) is 0 Å². The SMILES string of the molecule is Cc1ncc2n1C(=O)N(C1CCN(C(=O)[C@@H](CCS(C)(=O)=O)NC(=O)Nc3ccc(Cl)cc3)CC1)C2. The van der Waals surface area contributed by atoms with Gasteiger partial charge in [0.1, 0.15) is 21.7 Å². The summed E-state index contributed by atoms with van der Waals surface area (Å²) in [5.41, 5.74) is 1.34. The summed E-state index contributed by atoms with van der Waals surface area (Å²) in [7, 11) is -3.34. The molecule has 0 unspecified atom stereocenters. The van der Waals surface area contributed by atoms with Gasteiger partial charge in [0, 0.05) is 36.1 Å². The molecular formula is C23H29ClN6O5S. The van der Waals surface area contributed by atoms with Gasteiger partial charge in [-0.2, -0.15) is 0 Å². The molecule has 0 radical (unpaired) electrons. The highest BCUT2D eigenvalue weighted by Crippen LogP contribution is 2.26. The van der Waals surface area contributed by atoms with E-state index in [1.807, 2.05) is 4.90 Å². The molecule has 4 rings (SSSR count). The molecule has 4 amide bonds. The number of carbonyl (C=O) groups is 3. The zero-order valence-electron chi connectivity index (χ0n) is 20.1. The van der Waals surface area contributed by atoms with Crippen molar-refractivity contribution >= 4 is 45.1 Å². The van der Waals surface area contributed by atoms with Crippen LogP contribution in [0.5, 0.6) is 0 Å². The lowest BCUT2D eigenvalue weighted by Gasteiger charge is -2.37. The number of aromatic nitrogens is 2. The second-order valence-electron chi connectivity index (χ2n) is 9.18. The first kappa shape index (κ1) is 26.0. The first-order valence-corrected chi connectivity index (χ1v) is 14.1. The van der Waals surface area contributed by atoms with Gasteiger partial charge in [0.2, 0.25) is 5.91 Å². The molecule has 0 bridgehead atoms. The number of rotatable bonds is 7. The van der Waals surface area contributed by atoms with Gasteiger partial charge in [-0.25, -0.2) is 23.0 Å². The van der Waals surface area contributed by atoms with E-state index in [0.29, 0.717) is 49.0 Å². The van der Waals surface area contributed by atoms with Crippen molar-refractivity contribution in [3.63, 3.8) is 0 Å². The van der Waals surface area contributed by atoms with Crippen LogP contribution in [-0.4, -0.2) is 82.9 Å². The third-order valence-corrected chi connectivity index (χ3v) is 7.71. The van der Waals surface area contributed by atoms with Gasteiger partial charge in [0.25, 0.3) is 0 Å². The number of carbonyl (C=O) groups excluding carboxylic acids is 3. The standard InChI is InChI=1S/C23H29ClN6O5S/c1-15-25-13-19-14-29(23(33)30(15)19)18-7-10-28(11-8-18)21(31)20(9-12-36(2,34)35)27-22(32)26-17-5-3-16(24)4-6-17/h3-6,13,18,20H,7-12,14H2,1-2H3,(H2,26,27,32)/t20-/m1/s1. The lowest BCUT2D eigenvalue weighted by Crippen LogP contribution is -2.54. The predicted octanol–water partition coefficient (Wildman–Crippen LogP) is 2.24. The van der Waals surface area contributed by atoms with Crippen molar-refractivity contribution in [2.24, 2.45) is 0 Å². The number of piperidine rings is 1. The number of sulfone groups is 1. The molecule has 1 atom stereocenters. The zero-order chi connectivity index (χ0) is 26.0. The molecule has 0 spiro atoms. The number of amides is 4. The number of halogens is 1. The first-order valence-electron chi connectivity index (χ1n) is 11.7. The highest BCUT2D eigenvalue weighted by Gasteiger charge is 2.37. The van der Waals surface area contributed by atoms with E-state index < -0.39 is 21.9 Å². The molecule has 2 N–H and O–H groups in total. The van der Waals surface area contributed by atoms with Gasteiger partial charge in [-0.1, -0.05) is 11.6 Å². The van der Waals surface area contributed by atoms with Crippen LogP contribution in [0.1, 0.15) is 30.8 Å². The number of imidazole rings is 1. The molecule has 2 aliphatic heterocycles. The Morgan fingerprint density at radius 3 is 2.47 bits per heavy atom. The van der Waals surface area contributed by atoms with E-state index in [1.54, 1.807) is 46.9 Å². The van der Waals surface area contributed by atoms with Crippen LogP contribution < -0.4 is 10.6 Å². The van der Waals surface area contributed by atoms with Crippen LogP contribution in [0.2, 0.25) is 5.02 Å². The van der Waals surface area contributed by atoms with Crippen molar-refractivity contribution in [1.29, 1.82) is 0 Å². The largest absolute Gasteiger partial charge is 0.341 e. The van der Waals surface area contributed by atoms with Crippen molar-refractivity contribution in [1.82, 2.24) is 24.7 Å². The number of hydrogen-bond acceptors (Lipinski definition) is 6. The number of likely N-dealkylation sites (tertiary alicyclic amines) is 1. The summed E-state index contributed by atoms with van der Waals surface area (Å²) < 4.78 is 25.1. The zero-order valence-corrected chi connectivity index (χ0v) is 21.7. The fourth-order valence-electron chi connectivity index (χ4n) is 4.59. The number of fused-ring (bicyclic) bond motifs is 1. The van der Waals surface area contributed by atoms with Crippen molar-refractivity contribution < 1.29 is 22.8 Å². The van der Waals surface area contributed by atoms with Crippen LogP contribution in [0.4, 0.5) is 15.3 Å². The Bertz CT molecular complexity index is 1250. The number of nitrogens with zero attached hydrogens (tertiary/aromatic N) is 4. The molecule has 3 heterocycles. The van der Waals surface area contributed by atoms with Gasteiger partial charge < -0.3 is 20.4 Å². The van der Waals surface area contributed by atoms with Gasteiger partial charge in [0.15, 0.2) is 0 Å². The Morgan fingerprint density at radius 1 is 1.19 bits per heavy atom. The third-order valence-electron chi connectivity index (χ3n) is 6.48. The molecule has 0 aliphatic carbocycles. The summed E-state index contributed by atoms with van der Waals surface area (Å²) in [6.45, 7) is 3.07. The minimum absolute atomic E-state index is 0.0171. The highest BCUT2D eigenvalue weighted by atomic mass is 35.5. The fourth-order valence-corrected chi connectivity index (χ4v) is 5.38. The van der Waals surface area contributed by atoms with E-state index in [-0.39, 0.29) is 30.2 Å². The average molecular weight is 537 g/mol. The second-order valence-corrected chi connectivity index (χ2v) is 11.9. The second kappa shape index (κ2) is 10.5. The molecule has 11 nitrogen and oxygen atoms in total. The molecule has 1 fully saturated rings. The third kappa shape index (κ3) is 5.98. The Balaban J connectivity index is 1.37. The van der Waals surface area contributed by atoms with E-state index in [9.17, 15) is 22.8 Å². The molecule has 2 aliphatic rings. The smallest absolute Gasteiger partial charge is 0.330 e. The van der Waals surface area contributed by atoms with Crippen LogP contribution in [0.15, 0.2) is 30.5 Å². The predicted molar refractivity (Wildman–Crippen MR) is 135 cm³/mol. The highest BCUT2D eigenvalue weighted by molar-refractivity contribution is 7.90. The van der Waals surface area contributed by atoms with Crippen LogP contribution in [0.25, 0.3) is 0 Å². The summed E-state index contributed by atoms with van der Waals surface area (Å²) in [4.78, 5) is 46.3. The molecule has 13 heteroatoms. The molecule has 36 heavy (non-hydrogen) atoms. The number of aryl methyl sites for hydroxylation is 1. The quantitative estimate of drug-likeness (QED) is 0.557. The summed E-state index contributed by atoms with van der Waals surface area (Å²) in [5, 5.41) is 5.77. The summed E-state index contributed by atoms with van der Waals surface area (Å²) in [6, 6.07) is 4.73. The summed E-state index contributed by atoms with van der Waals surface area (Å²) >= 11 is 5.87. The van der Waals surface area contributed by atoms with Crippen molar-refractivity contribution in [3.05, 3.63) is 47.0 Å². The van der Waals surface area contributed by atoms with Crippen LogP contribution in [0, 0.1) is 6.92 Å². The molecule has 0 saturated carbocycles. The fraction of sp³-hybridized carbons (Fsp3) is 0.478. The summed E-state index contributed by atoms with van der Waals surface area (Å²) in [5.74, 6) is 0.0686. The molecule has 1 aromatic heterocycles. The molecule has 2 aromatic rings. The van der Waals surface area contributed by atoms with Crippen molar-refractivity contribution in [2.45, 2.75) is 44.8 Å². The number of benzene rings is 1. The lowest BCUT2D eigenvalue weighted by atomic mass is 10.0. The van der Waals surface area contributed by atoms with Crippen molar-refractivity contribution in [2.75, 3.05) is 30.4 Å². The van der Waals surface area contributed by atoms with Crippen LogP contribution in [0.3, 0.4) is 0 Å². The minimum atomic E-state index is -3.34. The number of hydrogen-bond donors (Lipinski definition) is 2. The Morgan fingerprint density at radius 2 is 1.86 bits per heavy atom. The van der Waals surface area contributed by atoms with Gasteiger partial charge in [0.05, 0.1) is 24.2 Å². The molecule has 1 aromatic carbocycles. The topological polar surface area (TPSA) is 134 Å². The Kier molecular flexibility index (Phi) is 7.55. The maximum atomic E-state index is 13.3. The monoisotopic (exact) mass is 536 g/mol. The normalized spacial score (nSPS) is 17.1. The Hall–Kier alpha value is -3.12. The molecule has 1 saturated heterocycles. The Labute approximate surface area is 214 Å². The number of anilines is 1. The van der Waals surface area contributed by atoms with Gasteiger partial charge in [-0.15, -0.1) is 0 Å². The minimum Gasteiger partial charge on any atom is -0.341 e. The van der Waals surface area contributed by atoms with E-state index in [0.717, 1.165) is 11.9 Å². The first-order chi connectivity index (χ1) is 17.0. The maximum Gasteiger partial charge on any atom is 0.330 e. The maximum absolute atomic E-state index is 13.3. The van der Waals surface area contributed by atoms with Crippen LogP contribution in [-0.2, 0) is 21.2 Å². The lowest BCUT2D eigenvalue weighted by molar-refractivity contribution is -0.134. The number of urea groups is 1. The average Bonchev–Trinajstić information content (AvgIpc) is 3.36. The molecule has 194 valence electrons. The van der Waals surface area contributed by atoms with Gasteiger partial charge >= 0.3 is 12.1 Å². The molecular weight excluding hydrogens is 508 g/mol. The van der Waals surface area contributed by atoms with Crippen LogP contribution >= 0.6 is 11.6 Å². The summed E-state index contributed by atoms with van der Waals surface area (Å²) in [6.07, 6.45) is 3.93. The van der Waals surface area contributed by atoms with Crippen molar-refractivity contribution in [3.8, 4) is 0 Å². The van der Waals surface area contributed by atoms with Gasteiger partial charge in [-0.3, -0.25) is 9.36 Å². The van der Waals surface area contributed by atoms with E-state index in [4.69, 9.17) is 11.6 Å². The van der Waals surface area contributed by atoms with E-state index >= 15 is 0 Å². The number of nitrogens with one attached hydrogen (secondary N) is 2. The van der Waals surface area contributed by atoms with Gasteiger partial charge in [-0.05, 0) is 50.5 Å². The van der Waals surface area contributed by atoms with E-state index in [2.05, 4.69) is 15.6 Å².